The van der Waals surface area contributed by atoms with Gasteiger partial charge in [0, 0.05) is 18.8 Å². The zero-order chi connectivity index (χ0) is 10.5. The highest BCUT2D eigenvalue weighted by molar-refractivity contribution is 5.29. The Labute approximate surface area is 87.6 Å². The van der Waals surface area contributed by atoms with Crippen LogP contribution >= 0.6 is 0 Å². The highest BCUT2D eigenvalue weighted by atomic mass is 16.4. The topological polar surface area (TPSA) is 63.8 Å². The molecule has 5 nitrogen and oxygen atoms in total. The Kier molecular flexibility index (Phi) is 2.92. The highest BCUT2D eigenvalue weighted by Gasteiger charge is 2.01. The lowest BCUT2D eigenvalue weighted by molar-refractivity contribution is 0.465. The van der Waals surface area contributed by atoms with E-state index in [1.54, 1.807) is 24.8 Å². The Bertz CT molecular complexity index is 412. The molecule has 2 aromatic rings. The first kappa shape index (κ1) is 9.64. The first-order chi connectivity index (χ1) is 7.38. The second-order valence-corrected chi connectivity index (χ2v) is 3.02. The smallest absolute Gasteiger partial charge is 0.213 e. The van der Waals surface area contributed by atoms with Crippen LogP contribution in [-0.4, -0.2) is 15.0 Å². The molecule has 0 saturated carbocycles. The molecule has 0 aliphatic heterocycles. The summed E-state index contributed by atoms with van der Waals surface area (Å²) in [6.45, 7) is 2.55. The lowest BCUT2D eigenvalue weighted by Gasteiger charge is -2.00. The van der Waals surface area contributed by atoms with Crippen molar-refractivity contribution >= 4 is 5.82 Å². The van der Waals surface area contributed by atoms with Gasteiger partial charge in [-0.1, -0.05) is 6.92 Å². The van der Waals surface area contributed by atoms with Crippen LogP contribution in [0.3, 0.4) is 0 Å². The van der Waals surface area contributed by atoms with E-state index >= 15 is 0 Å². The number of anilines is 1. The third-order valence-electron chi connectivity index (χ3n) is 1.93. The molecule has 0 radical (unpaired) electrons. The van der Waals surface area contributed by atoms with Crippen molar-refractivity contribution in [3.05, 3.63) is 36.4 Å². The summed E-state index contributed by atoms with van der Waals surface area (Å²) in [5, 5.41) is 3.07. The SMILES string of the molecule is CCc1cnc(CNc2cnccn2)o1. The quantitative estimate of drug-likeness (QED) is 0.820. The number of oxazole rings is 1. The number of nitrogens with one attached hydrogen (secondary N) is 1. The number of aromatic nitrogens is 3. The molecular weight excluding hydrogens is 192 g/mol. The van der Waals surface area contributed by atoms with Gasteiger partial charge in [-0.15, -0.1) is 0 Å². The molecule has 0 spiro atoms. The molecule has 0 unspecified atom stereocenters. The van der Waals surface area contributed by atoms with Crippen LogP contribution in [0, 0.1) is 0 Å². The minimum Gasteiger partial charge on any atom is -0.444 e. The molecule has 2 rings (SSSR count). The summed E-state index contributed by atoms with van der Waals surface area (Å²) in [6, 6.07) is 0. The van der Waals surface area contributed by atoms with Crippen molar-refractivity contribution in [1.82, 2.24) is 15.0 Å². The van der Waals surface area contributed by atoms with Gasteiger partial charge < -0.3 is 9.73 Å². The van der Waals surface area contributed by atoms with Crippen LogP contribution in [0.25, 0.3) is 0 Å². The maximum absolute atomic E-state index is 5.43. The molecule has 78 valence electrons. The van der Waals surface area contributed by atoms with E-state index in [9.17, 15) is 0 Å². The van der Waals surface area contributed by atoms with Crippen LogP contribution in [0.1, 0.15) is 18.6 Å². The molecule has 0 aromatic carbocycles. The van der Waals surface area contributed by atoms with Crippen molar-refractivity contribution in [2.24, 2.45) is 0 Å². The molecule has 5 heteroatoms. The van der Waals surface area contributed by atoms with Crippen molar-refractivity contribution in [1.29, 1.82) is 0 Å². The molecule has 0 aliphatic rings. The Hall–Kier alpha value is -1.91. The summed E-state index contributed by atoms with van der Waals surface area (Å²) in [7, 11) is 0. The second kappa shape index (κ2) is 4.54. The molecule has 0 bridgehead atoms. The maximum atomic E-state index is 5.43. The van der Waals surface area contributed by atoms with E-state index in [-0.39, 0.29) is 0 Å². The standard InChI is InChI=1S/C10H12N4O/c1-2-8-5-14-10(15-8)7-13-9-6-11-3-4-12-9/h3-6H,2,7H2,1H3,(H,12,13). The largest absolute Gasteiger partial charge is 0.444 e. The van der Waals surface area contributed by atoms with Gasteiger partial charge in [0.1, 0.15) is 11.6 Å². The van der Waals surface area contributed by atoms with Crippen LogP contribution in [0.5, 0.6) is 0 Å². The molecule has 2 heterocycles. The Balaban J connectivity index is 1.93. The summed E-state index contributed by atoms with van der Waals surface area (Å²) < 4.78 is 5.43. The van der Waals surface area contributed by atoms with Crippen molar-refractivity contribution < 1.29 is 4.42 Å². The molecule has 0 fully saturated rings. The number of hydrogen-bond donors (Lipinski definition) is 1. The zero-order valence-electron chi connectivity index (χ0n) is 8.47. The van der Waals surface area contributed by atoms with Gasteiger partial charge in [-0.25, -0.2) is 9.97 Å². The van der Waals surface area contributed by atoms with Crippen molar-refractivity contribution in [2.75, 3.05) is 5.32 Å². The maximum Gasteiger partial charge on any atom is 0.213 e. The van der Waals surface area contributed by atoms with Gasteiger partial charge in [-0.05, 0) is 0 Å². The Morgan fingerprint density at radius 3 is 2.87 bits per heavy atom. The summed E-state index contributed by atoms with van der Waals surface area (Å²) in [4.78, 5) is 12.1. The van der Waals surface area contributed by atoms with E-state index in [1.165, 1.54) is 0 Å². The number of hydrogen-bond acceptors (Lipinski definition) is 5. The minimum absolute atomic E-state index is 0.526. The van der Waals surface area contributed by atoms with E-state index in [1.807, 2.05) is 6.92 Å². The molecule has 1 N–H and O–H groups in total. The van der Waals surface area contributed by atoms with Crippen molar-refractivity contribution in [3.63, 3.8) is 0 Å². The molecule has 2 aromatic heterocycles. The summed E-state index contributed by atoms with van der Waals surface area (Å²) in [5.41, 5.74) is 0. The van der Waals surface area contributed by atoms with Crippen LogP contribution in [0.15, 0.2) is 29.2 Å². The fraction of sp³-hybridized carbons (Fsp3) is 0.300. The first-order valence-electron chi connectivity index (χ1n) is 4.82. The van der Waals surface area contributed by atoms with E-state index in [0.717, 1.165) is 12.2 Å². The molecular formula is C10H12N4O. The van der Waals surface area contributed by atoms with Crippen LogP contribution in [0.2, 0.25) is 0 Å². The fourth-order valence-corrected chi connectivity index (χ4v) is 1.15. The predicted molar refractivity (Wildman–Crippen MR) is 55.2 cm³/mol. The van der Waals surface area contributed by atoms with Gasteiger partial charge in [-0.2, -0.15) is 0 Å². The normalized spacial score (nSPS) is 10.2. The zero-order valence-corrected chi connectivity index (χ0v) is 8.47. The van der Waals surface area contributed by atoms with E-state index in [0.29, 0.717) is 18.3 Å². The van der Waals surface area contributed by atoms with Gasteiger partial charge in [0.05, 0.1) is 18.9 Å². The molecule has 0 atom stereocenters. The van der Waals surface area contributed by atoms with Gasteiger partial charge >= 0.3 is 0 Å². The van der Waals surface area contributed by atoms with E-state index in [2.05, 4.69) is 20.3 Å². The Morgan fingerprint density at radius 2 is 2.20 bits per heavy atom. The average Bonchev–Trinajstić information content (AvgIpc) is 2.76. The van der Waals surface area contributed by atoms with Crippen LogP contribution in [-0.2, 0) is 13.0 Å². The van der Waals surface area contributed by atoms with Gasteiger partial charge in [0.25, 0.3) is 0 Å². The third kappa shape index (κ3) is 2.52. The lowest BCUT2D eigenvalue weighted by atomic mass is 10.4. The van der Waals surface area contributed by atoms with Crippen molar-refractivity contribution in [2.45, 2.75) is 19.9 Å². The monoisotopic (exact) mass is 204 g/mol. The van der Waals surface area contributed by atoms with Crippen molar-refractivity contribution in [3.8, 4) is 0 Å². The van der Waals surface area contributed by atoms with Gasteiger partial charge in [-0.3, -0.25) is 4.98 Å². The number of nitrogens with zero attached hydrogens (tertiary/aromatic N) is 3. The molecule has 0 saturated heterocycles. The lowest BCUT2D eigenvalue weighted by Crippen LogP contribution is -2.01. The summed E-state index contributed by atoms with van der Waals surface area (Å²) >= 11 is 0. The number of rotatable bonds is 4. The molecule has 0 aliphatic carbocycles. The Morgan fingerprint density at radius 1 is 1.27 bits per heavy atom. The van der Waals surface area contributed by atoms with E-state index < -0.39 is 0 Å². The first-order valence-corrected chi connectivity index (χ1v) is 4.82. The molecule has 0 amide bonds. The van der Waals surface area contributed by atoms with Crippen LogP contribution in [0.4, 0.5) is 5.82 Å². The predicted octanol–water partition coefficient (Wildman–Crippen LogP) is 1.64. The minimum atomic E-state index is 0.526. The highest BCUT2D eigenvalue weighted by Crippen LogP contribution is 2.06. The summed E-state index contributed by atoms with van der Waals surface area (Å²) in [6.07, 6.45) is 7.52. The number of aryl methyl sites for hydroxylation is 1. The summed E-state index contributed by atoms with van der Waals surface area (Å²) in [5.74, 6) is 2.28. The van der Waals surface area contributed by atoms with Crippen LogP contribution < -0.4 is 5.32 Å². The van der Waals surface area contributed by atoms with Gasteiger partial charge in [0.2, 0.25) is 5.89 Å². The van der Waals surface area contributed by atoms with Gasteiger partial charge in [0.15, 0.2) is 0 Å². The molecule has 15 heavy (non-hydrogen) atoms. The third-order valence-corrected chi connectivity index (χ3v) is 1.93. The average molecular weight is 204 g/mol. The van der Waals surface area contributed by atoms with E-state index in [4.69, 9.17) is 4.42 Å². The fourth-order valence-electron chi connectivity index (χ4n) is 1.15. The second-order valence-electron chi connectivity index (χ2n) is 3.02.